The van der Waals surface area contributed by atoms with Crippen molar-refractivity contribution in [2.45, 2.75) is 69.7 Å². The van der Waals surface area contributed by atoms with E-state index in [1.165, 1.54) is 6.42 Å². The smallest absolute Gasteiger partial charge is 0.317 e. The van der Waals surface area contributed by atoms with Crippen LogP contribution in [-0.2, 0) is 19.7 Å². The maximum absolute atomic E-state index is 12.9. The first kappa shape index (κ1) is 19.2. The van der Waals surface area contributed by atoms with Gasteiger partial charge >= 0.3 is 5.97 Å². The van der Waals surface area contributed by atoms with Gasteiger partial charge in [-0.2, -0.15) is 0 Å². The lowest BCUT2D eigenvalue weighted by Crippen LogP contribution is -2.44. The molecule has 0 bridgehead atoms. The molecule has 0 unspecified atom stereocenters. The monoisotopic (exact) mass is 377 g/mol. The van der Waals surface area contributed by atoms with E-state index >= 15 is 0 Å². The highest BCUT2D eigenvalue weighted by atomic mass is 35.5. The minimum atomic E-state index is -0.636. The Morgan fingerprint density at radius 3 is 2.42 bits per heavy atom. The summed E-state index contributed by atoms with van der Waals surface area (Å²) in [5.74, 6) is 0.00385. The lowest BCUT2D eigenvalue weighted by Gasteiger charge is -2.30. The SMILES string of the molecule is C[C@@H]1CCCC[C@H]1NC(=O)COC(=O)C1(c2ccc(Cl)cc2)CCCC1. The molecule has 2 atom stereocenters. The Balaban J connectivity index is 1.60. The Labute approximate surface area is 160 Å². The van der Waals surface area contributed by atoms with Crippen molar-refractivity contribution in [3.05, 3.63) is 34.9 Å². The Morgan fingerprint density at radius 1 is 1.12 bits per heavy atom. The molecular formula is C21H28ClNO3. The maximum atomic E-state index is 12.9. The molecule has 142 valence electrons. The van der Waals surface area contributed by atoms with Crippen LogP contribution in [0.25, 0.3) is 0 Å². The maximum Gasteiger partial charge on any atom is 0.317 e. The van der Waals surface area contributed by atoms with Crippen LogP contribution in [0, 0.1) is 5.92 Å². The summed E-state index contributed by atoms with van der Waals surface area (Å²) in [6, 6.07) is 7.62. The molecule has 2 saturated carbocycles. The van der Waals surface area contributed by atoms with Crippen LogP contribution >= 0.6 is 11.6 Å². The fraction of sp³-hybridized carbons (Fsp3) is 0.619. The average Bonchev–Trinajstić information content (AvgIpc) is 3.13. The predicted octanol–water partition coefficient (Wildman–Crippen LogP) is 4.39. The molecule has 0 aromatic heterocycles. The van der Waals surface area contributed by atoms with Crippen LogP contribution in [0.5, 0.6) is 0 Å². The number of ether oxygens (including phenoxy) is 1. The molecule has 1 N–H and O–H groups in total. The molecule has 2 aliphatic carbocycles. The van der Waals surface area contributed by atoms with E-state index in [9.17, 15) is 9.59 Å². The van der Waals surface area contributed by atoms with E-state index in [0.29, 0.717) is 10.9 Å². The summed E-state index contributed by atoms with van der Waals surface area (Å²) < 4.78 is 5.47. The molecule has 5 heteroatoms. The summed E-state index contributed by atoms with van der Waals surface area (Å²) >= 11 is 5.98. The largest absolute Gasteiger partial charge is 0.455 e. The molecule has 1 aromatic carbocycles. The number of nitrogens with one attached hydrogen (secondary N) is 1. The van der Waals surface area contributed by atoms with Gasteiger partial charge in [-0.25, -0.2) is 0 Å². The Bertz CT molecular complexity index is 637. The van der Waals surface area contributed by atoms with E-state index < -0.39 is 5.41 Å². The minimum Gasteiger partial charge on any atom is -0.455 e. The molecule has 0 aliphatic heterocycles. The van der Waals surface area contributed by atoms with Crippen molar-refractivity contribution in [2.24, 2.45) is 5.92 Å². The van der Waals surface area contributed by atoms with Crippen LogP contribution in [-0.4, -0.2) is 24.5 Å². The van der Waals surface area contributed by atoms with Crippen molar-refractivity contribution in [3.8, 4) is 0 Å². The normalized spacial score (nSPS) is 24.8. The third-order valence-corrected chi connectivity index (χ3v) is 6.29. The summed E-state index contributed by atoms with van der Waals surface area (Å²) in [6.45, 7) is 1.97. The van der Waals surface area contributed by atoms with E-state index in [1.54, 1.807) is 12.1 Å². The van der Waals surface area contributed by atoms with Crippen molar-refractivity contribution in [1.82, 2.24) is 5.32 Å². The Hall–Kier alpha value is -1.55. The van der Waals surface area contributed by atoms with Crippen LogP contribution in [0.4, 0.5) is 0 Å². The molecule has 1 amide bonds. The Morgan fingerprint density at radius 2 is 1.77 bits per heavy atom. The van der Waals surface area contributed by atoms with Crippen LogP contribution in [0.3, 0.4) is 0 Å². The van der Waals surface area contributed by atoms with Crippen LogP contribution in [0.15, 0.2) is 24.3 Å². The van der Waals surface area contributed by atoms with Gasteiger partial charge in [-0.15, -0.1) is 0 Å². The molecule has 3 rings (SSSR count). The highest BCUT2D eigenvalue weighted by Gasteiger charge is 2.44. The van der Waals surface area contributed by atoms with E-state index in [4.69, 9.17) is 16.3 Å². The fourth-order valence-electron chi connectivity index (χ4n) is 4.41. The van der Waals surface area contributed by atoms with Crippen LogP contribution in [0.1, 0.15) is 63.9 Å². The highest BCUT2D eigenvalue weighted by molar-refractivity contribution is 6.30. The minimum absolute atomic E-state index is 0.193. The number of rotatable bonds is 5. The van der Waals surface area contributed by atoms with Gasteiger partial charge in [0.05, 0.1) is 5.41 Å². The summed E-state index contributed by atoms with van der Waals surface area (Å²) in [5.41, 5.74) is 0.300. The fourth-order valence-corrected chi connectivity index (χ4v) is 4.53. The molecule has 0 saturated heterocycles. The molecule has 0 heterocycles. The van der Waals surface area contributed by atoms with Gasteiger partial charge in [0.1, 0.15) is 0 Å². The van der Waals surface area contributed by atoms with Crippen molar-refractivity contribution in [1.29, 1.82) is 0 Å². The average molecular weight is 378 g/mol. The molecule has 1 aromatic rings. The van der Waals surface area contributed by atoms with Gasteiger partial charge in [0.15, 0.2) is 6.61 Å². The summed E-state index contributed by atoms with van der Waals surface area (Å²) in [4.78, 5) is 25.1. The third kappa shape index (κ3) is 4.22. The lowest BCUT2D eigenvalue weighted by molar-refractivity contribution is -0.154. The van der Waals surface area contributed by atoms with Gasteiger partial charge in [-0.05, 0) is 49.3 Å². The van der Waals surface area contributed by atoms with Crippen molar-refractivity contribution >= 4 is 23.5 Å². The van der Waals surface area contributed by atoms with Gasteiger partial charge in [-0.3, -0.25) is 9.59 Å². The van der Waals surface area contributed by atoms with Gasteiger partial charge in [0.2, 0.25) is 0 Å². The zero-order valence-electron chi connectivity index (χ0n) is 15.4. The first-order valence-corrected chi connectivity index (χ1v) is 10.1. The number of benzene rings is 1. The predicted molar refractivity (Wildman–Crippen MR) is 102 cm³/mol. The molecule has 26 heavy (non-hydrogen) atoms. The van der Waals surface area contributed by atoms with Crippen LogP contribution in [0.2, 0.25) is 5.02 Å². The molecule has 4 nitrogen and oxygen atoms in total. The lowest BCUT2D eigenvalue weighted by atomic mass is 9.79. The second-order valence-corrected chi connectivity index (χ2v) is 8.24. The number of esters is 1. The van der Waals surface area contributed by atoms with Crippen molar-refractivity contribution in [3.63, 3.8) is 0 Å². The van der Waals surface area contributed by atoms with Crippen LogP contribution < -0.4 is 5.32 Å². The molecule has 2 aliphatic rings. The summed E-state index contributed by atoms with van der Waals surface area (Å²) in [6.07, 6.45) is 8.03. The second-order valence-electron chi connectivity index (χ2n) is 7.81. The van der Waals surface area contributed by atoms with Gasteiger partial charge in [-0.1, -0.05) is 56.3 Å². The van der Waals surface area contributed by atoms with E-state index in [1.807, 2.05) is 12.1 Å². The highest BCUT2D eigenvalue weighted by Crippen LogP contribution is 2.42. The summed E-state index contributed by atoms with van der Waals surface area (Å²) in [7, 11) is 0. The topological polar surface area (TPSA) is 55.4 Å². The van der Waals surface area contributed by atoms with Gasteiger partial charge in [0, 0.05) is 11.1 Å². The number of halogens is 1. The summed E-state index contributed by atoms with van der Waals surface area (Å²) in [5, 5.41) is 3.69. The Kier molecular flexibility index (Phi) is 6.23. The quantitative estimate of drug-likeness (QED) is 0.774. The number of hydrogen-bond acceptors (Lipinski definition) is 3. The number of amides is 1. The first-order valence-electron chi connectivity index (χ1n) is 9.74. The van der Waals surface area contributed by atoms with E-state index in [-0.39, 0.29) is 24.5 Å². The van der Waals surface area contributed by atoms with Gasteiger partial charge < -0.3 is 10.1 Å². The van der Waals surface area contributed by atoms with Crippen molar-refractivity contribution in [2.75, 3.05) is 6.61 Å². The zero-order chi connectivity index (χ0) is 18.6. The molecule has 0 spiro atoms. The van der Waals surface area contributed by atoms with E-state index in [2.05, 4.69) is 12.2 Å². The molecule has 0 radical (unpaired) electrons. The van der Waals surface area contributed by atoms with Gasteiger partial charge in [0.25, 0.3) is 5.91 Å². The number of hydrogen-bond donors (Lipinski definition) is 1. The van der Waals surface area contributed by atoms with E-state index in [0.717, 1.165) is 50.5 Å². The third-order valence-electron chi connectivity index (χ3n) is 6.04. The first-order chi connectivity index (χ1) is 12.5. The number of carbonyl (C=O) groups is 2. The second kappa shape index (κ2) is 8.43. The zero-order valence-corrected chi connectivity index (χ0v) is 16.2. The van der Waals surface area contributed by atoms with Crippen molar-refractivity contribution < 1.29 is 14.3 Å². The number of carbonyl (C=O) groups excluding carboxylic acids is 2. The standard InChI is InChI=1S/C21H28ClNO3/c1-15-6-2-3-7-18(15)23-19(24)14-26-20(25)21(12-4-5-13-21)16-8-10-17(22)11-9-16/h8-11,15,18H,2-7,12-14H2,1H3,(H,23,24)/t15-,18-/m1/s1. The molecule has 2 fully saturated rings. The molecular weight excluding hydrogens is 350 g/mol.